The normalized spacial score (nSPS) is 21.3. The number of aryl methyl sites for hydroxylation is 1. The molecule has 0 saturated carbocycles. The lowest BCUT2D eigenvalue weighted by Gasteiger charge is -2.16. The van der Waals surface area contributed by atoms with Gasteiger partial charge in [-0.2, -0.15) is 0 Å². The van der Waals surface area contributed by atoms with Gasteiger partial charge in [0.15, 0.2) is 0 Å². The predicted octanol–water partition coefficient (Wildman–Crippen LogP) is 2.08. The van der Waals surface area contributed by atoms with Gasteiger partial charge in [0.2, 0.25) is 10.0 Å². The average molecular weight is 263 g/mol. The van der Waals surface area contributed by atoms with E-state index in [-0.39, 0.29) is 0 Å². The number of thioether (sulfide) groups is 1. The van der Waals surface area contributed by atoms with Gasteiger partial charge < -0.3 is 0 Å². The summed E-state index contributed by atoms with van der Waals surface area (Å²) in [5.41, 5.74) is 1.19. The van der Waals surface area contributed by atoms with Gasteiger partial charge >= 0.3 is 0 Å². The highest BCUT2D eigenvalue weighted by atomic mass is 32.3. The number of fused-ring (bicyclic) bond motifs is 1. The molecule has 0 spiro atoms. The number of hydrogen-bond donors (Lipinski definition) is 1. The van der Waals surface area contributed by atoms with Crippen LogP contribution in [0.2, 0.25) is 0 Å². The Hall–Kier alpha value is -0.0400. The van der Waals surface area contributed by atoms with Crippen LogP contribution >= 0.6 is 23.1 Å². The van der Waals surface area contributed by atoms with Crippen molar-refractivity contribution in [2.75, 3.05) is 7.05 Å². The molecule has 1 aromatic rings. The zero-order chi connectivity index (χ0) is 11.1. The third-order valence-corrected chi connectivity index (χ3v) is 6.92. The molecule has 0 aliphatic carbocycles. The highest BCUT2D eigenvalue weighted by molar-refractivity contribution is 8.02. The van der Waals surface area contributed by atoms with E-state index in [1.807, 2.05) is 6.07 Å². The fraction of sp³-hybridized carbons (Fsp3) is 0.556. The molecule has 84 valence electrons. The van der Waals surface area contributed by atoms with Gasteiger partial charge in [-0.05, 0) is 31.5 Å². The standard InChI is InChI=1S/C9H13NO2S3/c1-6-3-4-7-5-8(14-9(7)13-6)15(11,12)10-2/h5-6,10H,3-4H2,1-2H3. The van der Waals surface area contributed by atoms with Crippen LogP contribution in [-0.2, 0) is 16.4 Å². The second-order valence-electron chi connectivity index (χ2n) is 3.55. The summed E-state index contributed by atoms with van der Waals surface area (Å²) in [7, 11) is -1.81. The molecule has 2 heterocycles. The van der Waals surface area contributed by atoms with Crippen LogP contribution in [0.25, 0.3) is 0 Å². The van der Waals surface area contributed by atoms with Crippen molar-refractivity contribution in [2.24, 2.45) is 0 Å². The fourth-order valence-electron chi connectivity index (χ4n) is 1.49. The Kier molecular flexibility index (Phi) is 3.12. The Bertz CT molecular complexity index is 464. The Labute approximate surface area is 98.3 Å². The molecule has 1 aromatic heterocycles. The van der Waals surface area contributed by atoms with Gasteiger partial charge in [-0.1, -0.05) is 6.92 Å². The van der Waals surface area contributed by atoms with Gasteiger partial charge in [-0.3, -0.25) is 0 Å². The van der Waals surface area contributed by atoms with E-state index >= 15 is 0 Å². The Morgan fingerprint density at radius 2 is 2.27 bits per heavy atom. The number of rotatable bonds is 2. The lowest BCUT2D eigenvalue weighted by atomic mass is 10.1. The van der Waals surface area contributed by atoms with Crippen molar-refractivity contribution >= 4 is 33.1 Å². The minimum absolute atomic E-state index is 0.441. The first kappa shape index (κ1) is 11.4. The molecule has 0 fully saturated rings. The van der Waals surface area contributed by atoms with Gasteiger partial charge in [0.1, 0.15) is 4.21 Å². The van der Waals surface area contributed by atoms with E-state index in [0.29, 0.717) is 9.46 Å². The molecule has 1 atom stereocenters. The molecule has 0 amide bonds. The van der Waals surface area contributed by atoms with E-state index in [0.717, 1.165) is 12.8 Å². The number of hydrogen-bond acceptors (Lipinski definition) is 4. The van der Waals surface area contributed by atoms with Gasteiger partial charge in [0, 0.05) is 5.25 Å². The maximum absolute atomic E-state index is 11.6. The van der Waals surface area contributed by atoms with Gasteiger partial charge in [-0.15, -0.1) is 23.1 Å². The van der Waals surface area contributed by atoms with Crippen LogP contribution in [0.5, 0.6) is 0 Å². The first-order chi connectivity index (χ1) is 7.03. The maximum Gasteiger partial charge on any atom is 0.249 e. The summed E-state index contributed by atoms with van der Waals surface area (Å²) in [5.74, 6) is 0. The van der Waals surface area contributed by atoms with Crippen LogP contribution in [-0.4, -0.2) is 20.7 Å². The largest absolute Gasteiger partial charge is 0.249 e. The third kappa shape index (κ3) is 2.22. The fourth-order valence-corrected chi connectivity index (χ4v) is 5.63. The summed E-state index contributed by atoms with van der Waals surface area (Å²) in [6, 6.07) is 1.81. The Morgan fingerprint density at radius 1 is 1.53 bits per heavy atom. The molecule has 15 heavy (non-hydrogen) atoms. The molecular weight excluding hydrogens is 250 g/mol. The van der Waals surface area contributed by atoms with Crippen LogP contribution < -0.4 is 4.72 Å². The molecule has 0 radical (unpaired) electrons. The second kappa shape index (κ2) is 4.08. The highest BCUT2D eigenvalue weighted by Crippen LogP contribution is 2.41. The van der Waals surface area contributed by atoms with Crippen molar-refractivity contribution < 1.29 is 8.42 Å². The number of nitrogens with one attached hydrogen (secondary N) is 1. The summed E-state index contributed by atoms with van der Waals surface area (Å²) >= 11 is 3.17. The average Bonchev–Trinajstić information content (AvgIpc) is 2.61. The smallest absolute Gasteiger partial charge is 0.214 e. The number of thiophene rings is 1. The van der Waals surface area contributed by atoms with Crippen LogP contribution in [0.1, 0.15) is 18.9 Å². The minimum atomic E-state index is -3.25. The van der Waals surface area contributed by atoms with Crippen molar-refractivity contribution in [2.45, 2.75) is 33.4 Å². The zero-order valence-corrected chi connectivity index (χ0v) is 11.1. The van der Waals surface area contributed by atoms with Gasteiger partial charge in [-0.25, -0.2) is 13.1 Å². The van der Waals surface area contributed by atoms with Crippen molar-refractivity contribution in [3.05, 3.63) is 11.6 Å². The number of sulfonamides is 1. The lowest BCUT2D eigenvalue weighted by molar-refractivity contribution is 0.590. The van der Waals surface area contributed by atoms with Crippen LogP contribution in [0.4, 0.5) is 0 Å². The van der Waals surface area contributed by atoms with Gasteiger partial charge in [0.25, 0.3) is 0 Å². The molecule has 1 aliphatic rings. The van der Waals surface area contributed by atoms with Crippen molar-refractivity contribution in [1.29, 1.82) is 0 Å². The van der Waals surface area contributed by atoms with E-state index < -0.39 is 10.0 Å². The molecule has 1 N–H and O–H groups in total. The Balaban J connectivity index is 2.39. The zero-order valence-electron chi connectivity index (χ0n) is 8.61. The minimum Gasteiger partial charge on any atom is -0.214 e. The van der Waals surface area contributed by atoms with E-state index in [9.17, 15) is 8.42 Å². The molecule has 0 aromatic carbocycles. The quantitative estimate of drug-likeness (QED) is 0.888. The van der Waals surface area contributed by atoms with Crippen LogP contribution in [0, 0.1) is 0 Å². The summed E-state index contributed by atoms with van der Waals surface area (Å²) in [6.07, 6.45) is 2.13. The van der Waals surface area contributed by atoms with E-state index in [4.69, 9.17) is 0 Å². The summed E-state index contributed by atoms with van der Waals surface area (Å²) < 4.78 is 27.1. The SMILES string of the molecule is CNS(=O)(=O)c1cc2c(s1)SC(C)CC2. The van der Waals surface area contributed by atoms with Crippen molar-refractivity contribution in [3.8, 4) is 0 Å². The predicted molar refractivity (Wildman–Crippen MR) is 64.2 cm³/mol. The summed E-state index contributed by atoms with van der Waals surface area (Å²) in [5, 5.41) is 0.598. The molecule has 1 aliphatic heterocycles. The monoisotopic (exact) mass is 263 g/mol. The van der Waals surface area contributed by atoms with E-state index in [1.165, 1.54) is 28.2 Å². The van der Waals surface area contributed by atoms with Gasteiger partial charge in [0.05, 0.1) is 4.21 Å². The molecule has 1 unspecified atom stereocenters. The second-order valence-corrected chi connectivity index (χ2v) is 8.43. The molecular formula is C9H13NO2S3. The molecule has 0 bridgehead atoms. The molecule has 2 rings (SSSR count). The summed E-state index contributed by atoms with van der Waals surface area (Å²) in [6.45, 7) is 2.18. The molecule has 0 saturated heterocycles. The summed E-state index contributed by atoms with van der Waals surface area (Å²) in [4.78, 5) is 0. The third-order valence-electron chi connectivity index (χ3n) is 2.41. The maximum atomic E-state index is 11.6. The first-order valence-electron chi connectivity index (χ1n) is 4.76. The topological polar surface area (TPSA) is 46.2 Å². The van der Waals surface area contributed by atoms with Crippen molar-refractivity contribution in [1.82, 2.24) is 4.72 Å². The first-order valence-corrected chi connectivity index (χ1v) is 7.94. The van der Waals surface area contributed by atoms with Crippen molar-refractivity contribution in [3.63, 3.8) is 0 Å². The van der Waals surface area contributed by atoms with Crippen LogP contribution in [0.3, 0.4) is 0 Å². The van der Waals surface area contributed by atoms with Crippen LogP contribution in [0.15, 0.2) is 14.5 Å². The highest BCUT2D eigenvalue weighted by Gasteiger charge is 2.23. The molecule has 6 heteroatoms. The Morgan fingerprint density at radius 3 is 2.93 bits per heavy atom. The lowest BCUT2D eigenvalue weighted by Crippen LogP contribution is -2.17. The van der Waals surface area contributed by atoms with E-state index in [1.54, 1.807) is 11.8 Å². The van der Waals surface area contributed by atoms with E-state index in [2.05, 4.69) is 11.6 Å². The molecule has 3 nitrogen and oxygen atoms in total.